The molecule has 3 rings (SSSR count). The van der Waals surface area contributed by atoms with Gasteiger partial charge in [-0.15, -0.1) is 0 Å². The second-order valence-electron chi connectivity index (χ2n) is 5.77. The van der Waals surface area contributed by atoms with E-state index in [1.807, 2.05) is 0 Å². The van der Waals surface area contributed by atoms with Gasteiger partial charge in [0.15, 0.2) is 5.76 Å². The molecule has 0 aliphatic carbocycles. The third-order valence-corrected chi connectivity index (χ3v) is 3.94. The molecular weight excluding hydrogens is 372 g/mol. The molecule has 11 nitrogen and oxygen atoms in total. The predicted molar refractivity (Wildman–Crippen MR) is 92.5 cm³/mol. The molecule has 0 bridgehead atoms. The zero-order valence-corrected chi connectivity index (χ0v) is 14.3. The lowest BCUT2D eigenvalue weighted by atomic mass is 10.1. The van der Waals surface area contributed by atoms with Crippen LogP contribution in [-0.2, 0) is 4.79 Å². The normalized spacial score (nSPS) is 12.6. The largest absolute Gasteiger partial charge is 0.459 e. The highest BCUT2D eigenvalue weighted by atomic mass is 16.6. The first-order valence-electron chi connectivity index (χ1n) is 8.11. The Hall–Kier alpha value is -4.02. The van der Waals surface area contributed by atoms with Gasteiger partial charge < -0.3 is 15.1 Å². The number of imide groups is 1. The molecule has 0 fully saturated rings. The molecule has 0 saturated heterocycles. The molecule has 1 aliphatic heterocycles. The Morgan fingerprint density at radius 2 is 1.79 bits per heavy atom. The Kier molecular flexibility index (Phi) is 5.16. The van der Waals surface area contributed by atoms with E-state index in [0.29, 0.717) is 4.90 Å². The lowest BCUT2D eigenvalue weighted by molar-refractivity contribution is -0.384. The summed E-state index contributed by atoms with van der Waals surface area (Å²) >= 11 is 0. The Bertz CT molecular complexity index is 968. The van der Waals surface area contributed by atoms with Crippen molar-refractivity contribution in [1.82, 2.24) is 15.5 Å². The SMILES string of the molecule is O=C(CN1C(=O)c2ccc([N+](=O)[O-])cc2C1=O)NCCNC(=O)c1ccco1. The van der Waals surface area contributed by atoms with Gasteiger partial charge in [0.1, 0.15) is 6.54 Å². The molecule has 11 heteroatoms. The van der Waals surface area contributed by atoms with Crippen LogP contribution in [0.5, 0.6) is 0 Å². The molecule has 1 aromatic carbocycles. The van der Waals surface area contributed by atoms with E-state index in [0.717, 1.165) is 12.1 Å². The van der Waals surface area contributed by atoms with Crippen molar-refractivity contribution in [3.05, 3.63) is 63.6 Å². The van der Waals surface area contributed by atoms with Crippen molar-refractivity contribution in [2.24, 2.45) is 0 Å². The van der Waals surface area contributed by atoms with Crippen molar-refractivity contribution >= 4 is 29.3 Å². The number of nitro groups is 1. The van der Waals surface area contributed by atoms with Crippen molar-refractivity contribution in [3.8, 4) is 0 Å². The number of nitrogens with one attached hydrogen (secondary N) is 2. The Morgan fingerprint density at radius 3 is 2.46 bits per heavy atom. The average Bonchev–Trinajstić information content (AvgIpc) is 3.29. The molecule has 2 heterocycles. The topological polar surface area (TPSA) is 152 Å². The molecule has 0 atom stereocenters. The van der Waals surface area contributed by atoms with Gasteiger partial charge in [-0.2, -0.15) is 0 Å². The van der Waals surface area contributed by atoms with Gasteiger partial charge in [0.2, 0.25) is 5.91 Å². The summed E-state index contributed by atoms with van der Waals surface area (Å²) in [6.07, 6.45) is 1.35. The molecule has 0 unspecified atom stereocenters. The number of rotatable bonds is 7. The quantitative estimate of drug-likeness (QED) is 0.301. The lowest BCUT2D eigenvalue weighted by Crippen LogP contribution is -2.42. The number of nitrogens with zero attached hydrogens (tertiary/aromatic N) is 2. The summed E-state index contributed by atoms with van der Waals surface area (Å²) in [4.78, 5) is 59.1. The van der Waals surface area contributed by atoms with Crippen LogP contribution in [0.1, 0.15) is 31.3 Å². The highest BCUT2D eigenvalue weighted by Gasteiger charge is 2.37. The number of fused-ring (bicyclic) bond motifs is 1. The average molecular weight is 386 g/mol. The smallest absolute Gasteiger partial charge is 0.287 e. The summed E-state index contributed by atoms with van der Waals surface area (Å²) in [6.45, 7) is -0.355. The van der Waals surface area contributed by atoms with Crippen LogP contribution in [0.15, 0.2) is 41.0 Å². The second-order valence-corrected chi connectivity index (χ2v) is 5.77. The van der Waals surface area contributed by atoms with Crippen LogP contribution in [0.2, 0.25) is 0 Å². The number of amides is 4. The monoisotopic (exact) mass is 386 g/mol. The zero-order valence-electron chi connectivity index (χ0n) is 14.3. The summed E-state index contributed by atoms with van der Waals surface area (Å²) in [7, 11) is 0. The molecule has 0 radical (unpaired) electrons. The number of non-ortho nitro benzene ring substituents is 1. The van der Waals surface area contributed by atoms with Crippen molar-refractivity contribution in [2.45, 2.75) is 0 Å². The first-order chi connectivity index (χ1) is 13.4. The summed E-state index contributed by atoms with van der Waals surface area (Å²) in [5.74, 6) is -2.40. The van der Waals surface area contributed by atoms with Crippen molar-refractivity contribution < 1.29 is 28.5 Å². The second kappa shape index (κ2) is 7.70. The first-order valence-corrected chi connectivity index (χ1v) is 8.11. The van der Waals surface area contributed by atoms with Gasteiger partial charge in [-0.1, -0.05) is 0 Å². The fourth-order valence-electron chi connectivity index (χ4n) is 2.61. The molecule has 28 heavy (non-hydrogen) atoms. The molecular formula is C17H14N4O7. The van der Waals surface area contributed by atoms with Gasteiger partial charge in [-0.25, -0.2) is 0 Å². The maximum atomic E-state index is 12.3. The van der Waals surface area contributed by atoms with Gasteiger partial charge in [0.25, 0.3) is 23.4 Å². The van der Waals surface area contributed by atoms with E-state index in [4.69, 9.17) is 4.42 Å². The molecule has 2 aromatic rings. The van der Waals surface area contributed by atoms with Crippen LogP contribution in [0.25, 0.3) is 0 Å². The minimum absolute atomic E-state index is 0.00844. The summed E-state index contributed by atoms with van der Waals surface area (Å²) in [6, 6.07) is 6.37. The van der Waals surface area contributed by atoms with Crippen molar-refractivity contribution in [3.63, 3.8) is 0 Å². The standard InChI is InChI=1S/C17H14N4O7/c22-14(18-5-6-19-15(23)13-2-1-7-28-13)9-20-16(24)11-4-3-10(21(26)27)8-12(11)17(20)25/h1-4,7-8H,5-6,9H2,(H,18,22)(H,19,23). The number of furan rings is 1. The number of nitro benzene ring substituents is 1. The number of hydrogen-bond acceptors (Lipinski definition) is 7. The third-order valence-electron chi connectivity index (χ3n) is 3.94. The zero-order chi connectivity index (χ0) is 20.3. The fraction of sp³-hybridized carbons (Fsp3) is 0.176. The van der Waals surface area contributed by atoms with Gasteiger partial charge in [-0.05, 0) is 18.2 Å². The number of carbonyl (C=O) groups is 4. The molecule has 0 saturated carbocycles. The highest BCUT2D eigenvalue weighted by Crippen LogP contribution is 2.26. The molecule has 2 N–H and O–H groups in total. The van der Waals surface area contributed by atoms with E-state index < -0.39 is 35.1 Å². The fourth-order valence-corrected chi connectivity index (χ4v) is 2.61. The maximum Gasteiger partial charge on any atom is 0.287 e. The third kappa shape index (κ3) is 3.72. The molecule has 0 spiro atoms. The van der Waals surface area contributed by atoms with Crippen LogP contribution in [0.4, 0.5) is 5.69 Å². The van der Waals surface area contributed by atoms with Gasteiger partial charge in [0, 0.05) is 25.2 Å². The van der Waals surface area contributed by atoms with Crippen LogP contribution in [-0.4, -0.2) is 53.1 Å². The summed E-state index contributed by atoms with van der Waals surface area (Å²) < 4.78 is 4.92. The van der Waals surface area contributed by atoms with Crippen LogP contribution in [0.3, 0.4) is 0 Å². The van der Waals surface area contributed by atoms with Crippen LogP contribution < -0.4 is 10.6 Å². The van der Waals surface area contributed by atoms with Gasteiger partial charge >= 0.3 is 0 Å². The first kappa shape index (κ1) is 18.8. The predicted octanol–water partition coefficient (Wildman–Crippen LogP) is 0.330. The van der Waals surface area contributed by atoms with E-state index >= 15 is 0 Å². The van der Waals surface area contributed by atoms with E-state index in [-0.39, 0.29) is 35.7 Å². The number of benzene rings is 1. The number of carbonyl (C=O) groups excluding carboxylic acids is 4. The Balaban J connectivity index is 1.51. The minimum atomic E-state index is -0.773. The van der Waals surface area contributed by atoms with Crippen molar-refractivity contribution in [2.75, 3.05) is 19.6 Å². The van der Waals surface area contributed by atoms with Crippen LogP contribution >= 0.6 is 0 Å². The summed E-state index contributed by atoms with van der Waals surface area (Å²) in [5.41, 5.74) is -0.426. The van der Waals surface area contributed by atoms with Gasteiger partial charge in [-0.3, -0.25) is 34.2 Å². The van der Waals surface area contributed by atoms with E-state index in [2.05, 4.69) is 10.6 Å². The maximum absolute atomic E-state index is 12.3. The Labute approximate surface area is 157 Å². The molecule has 4 amide bonds. The van der Waals surface area contributed by atoms with E-state index in [9.17, 15) is 29.3 Å². The highest BCUT2D eigenvalue weighted by molar-refractivity contribution is 6.22. The Morgan fingerprint density at radius 1 is 1.07 bits per heavy atom. The van der Waals surface area contributed by atoms with Gasteiger partial charge in [0.05, 0.1) is 22.3 Å². The molecule has 1 aliphatic rings. The van der Waals surface area contributed by atoms with E-state index in [1.54, 1.807) is 6.07 Å². The number of hydrogen-bond donors (Lipinski definition) is 2. The van der Waals surface area contributed by atoms with Crippen LogP contribution in [0, 0.1) is 10.1 Å². The van der Waals surface area contributed by atoms with Crippen molar-refractivity contribution in [1.29, 1.82) is 0 Å². The molecule has 1 aromatic heterocycles. The summed E-state index contributed by atoms with van der Waals surface area (Å²) in [5, 5.41) is 15.8. The minimum Gasteiger partial charge on any atom is -0.459 e. The van der Waals surface area contributed by atoms with E-state index in [1.165, 1.54) is 18.4 Å². The molecule has 144 valence electrons. The lowest BCUT2D eigenvalue weighted by Gasteiger charge is -2.13.